The predicted molar refractivity (Wildman–Crippen MR) is 56.4 cm³/mol. The topological polar surface area (TPSA) is 66.5 Å². The number of hydrogen-bond donors (Lipinski definition) is 2. The Bertz CT molecular complexity index is 519. The molecule has 2 aromatic rings. The Kier molecular flexibility index (Phi) is 2.23. The number of hydrogen-bond acceptors (Lipinski definition) is 4. The smallest absolute Gasteiger partial charge is 0.177 e. The summed E-state index contributed by atoms with van der Waals surface area (Å²) >= 11 is 5.91. The Morgan fingerprint density at radius 1 is 1.40 bits per heavy atom. The maximum atomic E-state index is 9.48. The van der Waals surface area contributed by atoms with Crippen LogP contribution in [-0.4, -0.2) is 15.4 Å². The van der Waals surface area contributed by atoms with Gasteiger partial charge in [0.05, 0.1) is 16.1 Å². The fourth-order valence-electron chi connectivity index (χ4n) is 1.45. The van der Waals surface area contributed by atoms with Crippen molar-refractivity contribution < 1.29 is 14.7 Å². The van der Waals surface area contributed by atoms with Gasteiger partial charge in [0, 0.05) is 6.07 Å². The van der Waals surface area contributed by atoms with Gasteiger partial charge in [-0.2, -0.15) is 0 Å². The largest absolute Gasteiger partial charge is 0.504 e. The Morgan fingerprint density at radius 2 is 2.07 bits per heavy atom. The lowest BCUT2D eigenvalue weighted by Gasteiger charge is -2.03. The van der Waals surface area contributed by atoms with E-state index >= 15 is 0 Å². The van der Waals surface area contributed by atoms with Gasteiger partial charge in [0.25, 0.3) is 0 Å². The molecule has 4 nitrogen and oxygen atoms in total. The number of benzene rings is 1. The van der Waals surface area contributed by atoms with Crippen molar-refractivity contribution in [2.24, 2.45) is 0 Å². The highest BCUT2D eigenvalue weighted by molar-refractivity contribution is 6.37. The molecular weight excluding hydrogens is 218 g/mol. The number of aromatic hydroxyl groups is 2. The summed E-state index contributed by atoms with van der Waals surface area (Å²) in [7, 11) is 0. The lowest BCUT2D eigenvalue weighted by atomic mass is 10.1. The van der Waals surface area contributed by atoms with Crippen LogP contribution >= 0.6 is 11.6 Å². The molecule has 5 heteroatoms. The van der Waals surface area contributed by atoms with E-state index in [1.807, 2.05) is 13.8 Å². The minimum atomic E-state index is -0.339. The number of rotatable bonds is 1. The molecule has 2 rings (SSSR count). The highest BCUT2D eigenvalue weighted by Crippen LogP contribution is 2.42. The number of phenolic OH excluding ortho intramolecular Hbond substituents is 2. The second kappa shape index (κ2) is 3.31. The third-order valence-electron chi connectivity index (χ3n) is 2.23. The number of aromatic nitrogens is 1. The lowest BCUT2D eigenvalue weighted by molar-refractivity contribution is 0.402. The van der Waals surface area contributed by atoms with E-state index in [9.17, 15) is 10.2 Å². The van der Waals surface area contributed by atoms with Crippen molar-refractivity contribution in [1.82, 2.24) is 5.16 Å². The average Bonchev–Trinajstić information content (AvgIpc) is 2.58. The second-order valence-electron chi connectivity index (χ2n) is 3.65. The Hall–Kier alpha value is -1.42. The monoisotopic (exact) mass is 227 g/mol. The van der Waals surface area contributed by atoms with Crippen molar-refractivity contribution in [2.75, 3.05) is 0 Å². The van der Waals surface area contributed by atoms with E-state index in [4.69, 9.17) is 16.1 Å². The van der Waals surface area contributed by atoms with Gasteiger partial charge in [-0.25, -0.2) is 0 Å². The molecule has 0 amide bonds. The van der Waals surface area contributed by atoms with Crippen LogP contribution in [0.4, 0.5) is 0 Å². The highest BCUT2D eigenvalue weighted by Gasteiger charge is 2.19. The summed E-state index contributed by atoms with van der Waals surface area (Å²) in [5.41, 5.74) is 1.05. The van der Waals surface area contributed by atoms with Crippen LogP contribution in [0.5, 0.6) is 11.5 Å². The quantitative estimate of drug-likeness (QED) is 0.735. The molecule has 2 N–H and O–H groups in total. The number of nitrogens with zero attached hydrogens (tertiary/aromatic N) is 1. The molecule has 1 aromatic carbocycles. The maximum Gasteiger partial charge on any atom is 0.177 e. The van der Waals surface area contributed by atoms with E-state index in [1.54, 1.807) is 0 Å². The molecule has 0 bridgehead atoms. The third-order valence-corrected chi connectivity index (χ3v) is 2.60. The van der Waals surface area contributed by atoms with Crippen LogP contribution < -0.4 is 0 Å². The van der Waals surface area contributed by atoms with Gasteiger partial charge in [0.15, 0.2) is 17.1 Å². The zero-order valence-corrected chi connectivity index (χ0v) is 9.04. The van der Waals surface area contributed by atoms with Crippen molar-refractivity contribution >= 4 is 22.6 Å². The molecule has 1 heterocycles. The van der Waals surface area contributed by atoms with Crippen molar-refractivity contribution in [3.05, 3.63) is 16.8 Å². The van der Waals surface area contributed by atoms with Crippen molar-refractivity contribution in [3.63, 3.8) is 0 Å². The first-order valence-corrected chi connectivity index (χ1v) is 4.90. The SMILES string of the molecule is CC(C)c1noc2cc(O)c(O)c(Cl)c12. The van der Waals surface area contributed by atoms with Crippen molar-refractivity contribution in [3.8, 4) is 11.5 Å². The number of phenols is 2. The lowest BCUT2D eigenvalue weighted by Crippen LogP contribution is -1.87. The Labute approximate surface area is 91.1 Å². The summed E-state index contributed by atoms with van der Waals surface area (Å²) in [6.07, 6.45) is 0. The fourth-order valence-corrected chi connectivity index (χ4v) is 1.74. The fraction of sp³-hybridized carbons (Fsp3) is 0.300. The Morgan fingerprint density at radius 3 is 2.67 bits per heavy atom. The summed E-state index contributed by atoms with van der Waals surface area (Å²) in [6, 6.07) is 1.30. The molecule has 1 aromatic heterocycles. The van der Waals surface area contributed by atoms with E-state index < -0.39 is 0 Å². The summed E-state index contributed by atoms with van der Waals surface area (Å²) in [4.78, 5) is 0. The summed E-state index contributed by atoms with van der Waals surface area (Å²) in [6.45, 7) is 3.88. The van der Waals surface area contributed by atoms with E-state index in [1.165, 1.54) is 6.07 Å². The van der Waals surface area contributed by atoms with Crippen LogP contribution in [0.15, 0.2) is 10.6 Å². The van der Waals surface area contributed by atoms with Crippen molar-refractivity contribution in [2.45, 2.75) is 19.8 Å². The van der Waals surface area contributed by atoms with Gasteiger partial charge in [0.2, 0.25) is 0 Å². The molecule has 80 valence electrons. The van der Waals surface area contributed by atoms with Gasteiger partial charge < -0.3 is 14.7 Å². The summed E-state index contributed by atoms with van der Waals surface area (Å²) in [5.74, 6) is -0.513. The molecule has 0 atom stereocenters. The molecule has 0 unspecified atom stereocenters. The van der Waals surface area contributed by atoms with Crippen LogP contribution in [0.1, 0.15) is 25.5 Å². The molecule has 0 aliphatic heterocycles. The molecule has 0 spiro atoms. The van der Waals surface area contributed by atoms with E-state index in [0.717, 1.165) is 0 Å². The molecule has 0 aliphatic rings. The molecular formula is C10H10ClNO3. The van der Waals surface area contributed by atoms with Gasteiger partial charge in [-0.05, 0) is 5.92 Å². The van der Waals surface area contributed by atoms with Gasteiger partial charge >= 0.3 is 0 Å². The third kappa shape index (κ3) is 1.41. The minimum Gasteiger partial charge on any atom is -0.504 e. The van der Waals surface area contributed by atoms with Crippen LogP contribution in [0.2, 0.25) is 5.02 Å². The minimum absolute atomic E-state index is 0.0787. The first-order valence-electron chi connectivity index (χ1n) is 4.52. The van der Waals surface area contributed by atoms with Crippen LogP contribution in [0, 0.1) is 0 Å². The normalized spacial score (nSPS) is 11.5. The summed E-state index contributed by atoms with van der Waals surface area (Å²) < 4.78 is 5.02. The molecule has 0 saturated carbocycles. The number of halogens is 1. The molecule has 15 heavy (non-hydrogen) atoms. The molecule has 0 aliphatic carbocycles. The number of fused-ring (bicyclic) bond motifs is 1. The zero-order chi connectivity index (χ0) is 11.2. The highest BCUT2D eigenvalue weighted by atomic mass is 35.5. The molecule has 0 fully saturated rings. The van der Waals surface area contributed by atoms with Crippen LogP contribution in [-0.2, 0) is 0 Å². The van der Waals surface area contributed by atoms with Crippen LogP contribution in [0.25, 0.3) is 11.0 Å². The molecule has 0 radical (unpaired) electrons. The second-order valence-corrected chi connectivity index (χ2v) is 4.03. The van der Waals surface area contributed by atoms with Gasteiger partial charge in [-0.15, -0.1) is 0 Å². The van der Waals surface area contributed by atoms with E-state index in [0.29, 0.717) is 16.7 Å². The average molecular weight is 228 g/mol. The first kappa shape index (κ1) is 10.1. The molecule has 0 saturated heterocycles. The predicted octanol–water partition coefficient (Wildman–Crippen LogP) is 3.02. The van der Waals surface area contributed by atoms with Crippen molar-refractivity contribution in [1.29, 1.82) is 0 Å². The van der Waals surface area contributed by atoms with Crippen LogP contribution in [0.3, 0.4) is 0 Å². The first-order chi connectivity index (χ1) is 7.02. The summed E-state index contributed by atoms with van der Waals surface area (Å²) in [5, 5.41) is 23.3. The van der Waals surface area contributed by atoms with Gasteiger partial charge in [-0.1, -0.05) is 30.6 Å². The standard InChI is InChI=1S/C10H10ClNO3/c1-4(2)9-7-6(15-12-9)3-5(13)10(14)8(7)11/h3-4,13-14H,1-2H3. The maximum absolute atomic E-state index is 9.48. The van der Waals surface area contributed by atoms with E-state index in [2.05, 4.69) is 5.16 Å². The zero-order valence-electron chi connectivity index (χ0n) is 8.28. The Balaban J connectivity index is 2.85. The van der Waals surface area contributed by atoms with Gasteiger partial charge in [0.1, 0.15) is 0 Å². The van der Waals surface area contributed by atoms with E-state index in [-0.39, 0.29) is 22.4 Å². The van der Waals surface area contributed by atoms with Gasteiger partial charge in [-0.3, -0.25) is 0 Å².